The maximum absolute atomic E-state index is 12.8. The number of hydrogen-bond donors (Lipinski definition) is 1. The van der Waals surface area contributed by atoms with Gasteiger partial charge in [0, 0.05) is 25.1 Å². The molecule has 29 heavy (non-hydrogen) atoms. The quantitative estimate of drug-likeness (QED) is 0.774. The number of nitrogens with zero attached hydrogens (tertiary/aromatic N) is 1. The van der Waals surface area contributed by atoms with E-state index in [-0.39, 0.29) is 24.8 Å². The van der Waals surface area contributed by atoms with Gasteiger partial charge in [0.1, 0.15) is 0 Å². The van der Waals surface area contributed by atoms with Crippen LogP contribution < -0.4 is 24.4 Å². The topological polar surface area (TPSA) is 77.1 Å². The highest BCUT2D eigenvalue weighted by molar-refractivity contribution is 6.34. The number of rotatable bonds is 6. The van der Waals surface area contributed by atoms with Crippen molar-refractivity contribution in [3.63, 3.8) is 0 Å². The van der Waals surface area contributed by atoms with E-state index < -0.39 is 5.92 Å². The Kier molecular flexibility index (Phi) is 6.17. The molecule has 2 aromatic carbocycles. The van der Waals surface area contributed by atoms with Crippen LogP contribution >= 0.6 is 11.6 Å². The number of aryl methyl sites for hydroxylation is 1. The first kappa shape index (κ1) is 20.8. The normalized spacial score (nSPS) is 16.0. The van der Waals surface area contributed by atoms with Crippen molar-refractivity contribution in [2.45, 2.75) is 13.3 Å². The van der Waals surface area contributed by atoms with Crippen molar-refractivity contribution in [1.82, 2.24) is 0 Å². The van der Waals surface area contributed by atoms with Crippen molar-refractivity contribution in [1.29, 1.82) is 0 Å². The third-order valence-electron chi connectivity index (χ3n) is 4.93. The Morgan fingerprint density at radius 1 is 1.14 bits per heavy atom. The van der Waals surface area contributed by atoms with Gasteiger partial charge in [0.15, 0.2) is 11.5 Å². The molecule has 1 saturated heterocycles. The highest BCUT2D eigenvalue weighted by Gasteiger charge is 2.36. The van der Waals surface area contributed by atoms with Crippen LogP contribution in [0.1, 0.15) is 12.0 Å². The summed E-state index contributed by atoms with van der Waals surface area (Å²) in [6, 6.07) is 8.78. The van der Waals surface area contributed by atoms with Crippen LogP contribution in [0.3, 0.4) is 0 Å². The number of carbonyl (C=O) groups excluding carboxylic acids is 2. The van der Waals surface area contributed by atoms with Gasteiger partial charge in [-0.15, -0.1) is 0 Å². The lowest BCUT2D eigenvalue weighted by molar-refractivity contribution is -0.122. The summed E-state index contributed by atoms with van der Waals surface area (Å²) in [7, 11) is 4.53. The first-order valence-electron chi connectivity index (χ1n) is 9.06. The number of carbonyl (C=O) groups is 2. The average Bonchev–Trinajstić information content (AvgIpc) is 3.11. The molecule has 154 valence electrons. The number of ether oxygens (including phenoxy) is 3. The molecule has 0 spiro atoms. The highest BCUT2D eigenvalue weighted by Crippen LogP contribution is 2.42. The lowest BCUT2D eigenvalue weighted by Gasteiger charge is -2.20. The molecule has 1 heterocycles. The molecule has 1 atom stereocenters. The van der Waals surface area contributed by atoms with Crippen LogP contribution in [0.5, 0.6) is 17.2 Å². The fraction of sp³-hybridized carbons (Fsp3) is 0.333. The predicted octanol–water partition coefficient (Wildman–Crippen LogP) is 3.67. The molecule has 0 bridgehead atoms. The third-order valence-corrected chi connectivity index (χ3v) is 5.24. The van der Waals surface area contributed by atoms with Gasteiger partial charge in [0.25, 0.3) is 0 Å². The summed E-state index contributed by atoms with van der Waals surface area (Å²) < 4.78 is 16.0. The Morgan fingerprint density at radius 2 is 1.79 bits per heavy atom. The van der Waals surface area contributed by atoms with E-state index in [2.05, 4.69) is 5.32 Å². The Morgan fingerprint density at radius 3 is 2.34 bits per heavy atom. The number of amides is 2. The minimum atomic E-state index is -0.503. The van der Waals surface area contributed by atoms with Crippen LogP contribution in [0.25, 0.3) is 0 Å². The van der Waals surface area contributed by atoms with Crippen LogP contribution in [0.15, 0.2) is 30.3 Å². The Labute approximate surface area is 174 Å². The molecule has 0 saturated carbocycles. The summed E-state index contributed by atoms with van der Waals surface area (Å²) in [5.74, 6) is 0.412. The number of para-hydroxylation sites is 1. The van der Waals surface area contributed by atoms with Crippen LogP contribution in [0.4, 0.5) is 11.4 Å². The maximum atomic E-state index is 12.8. The van der Waals surface area contributed by atoms with Crippen molar-refractivity contribution in [3.05, 3.63) is 40.9 Å². The minimum absolute atomic E-state index is 0.103. The second-order valence-corrected chi connectivity index (χ2v) is 7.12. The summed E-state index contributed by atoms with van der Waals surface area (Å²) in [6.07, 6.45) is 0.103. The lowest BCUT2D eigenvalue weighted by Crippen LogP contribution is -2.28. The van der Waals surface area contributed by atoms with E-state index in [0.717, 1.165) is 5.56 Å². The number of halogens is 1. The van der Waals surface area contributed by atoms with E-state index in [1.807, 2.05) is 19.1 Å². The van der Waals surface area contributed by atoms with Crippen molar-refractivity contribution in [2.24, 2.45) is 5.92 Å². The van der Waals surface area contributed by atoms with Crippen molar-refractivity contribution < 1.29 is 23.8 Å². The fourth-order valence-corrected chi connectivity index (χ4v) is 3.64. The summed E-state index contributed by atoms with van der Waals surface area (Å²) >= 11 is 6.20. The first-order valence-corrected chi connectivity index (χ1v) is 9.43. The smallest absolute Gasteiger partial charge is 0.229 e. The molecule has 0 aliphatic carbocycles. The van der Waals surface area contributed by atoms with Gasteiger partial charge < -0.3 is 24.4 Å². The molecule has 0 radical (unpaired) electrons. The summed E-state index contributed by atoms with van der Waals surface area (Å²) in [5, 5.41) is 3.32. The molecule has 1 aliphatic rings. The van der Waals surface area contributed by atoms with Crippen molar-refractivity contribution in [3.8, 4) is 17.2 Å². The third kappa shape index (κ3) is 4.10. The molecule has 2 aromatic rings. The summed E-state index contributed by atoms with van der Waals surface area (Å²) in [6.45, 7) is 2.11. The fourth-order valence-electron chi connectivity index (χ4n) is 3.37. The highest BCUT2D eigenvalue weighted by atomic mass is 35.5. The predicted molar refractivity (Wildman–Crippen MR) is 111 cm³/mol. The SMILES string of the molecule is COc1cc(N2C[C@H](C(=O)Nc3c(C)cccc3Cl)CC2=O)cc(OC)c1OC. The van der Waals surface area contributed by atoms with Crippen LogP contribution in [-0.2, 0) is 9.59 Å². The van der Waals surface area contributed by atoms with E-state index in [9.17, 15) is 9.59 Å². The first-order chi connectivity index (χ1) is 13.9. The van der Waals surface area contributed by atoms with Crippen LogP contribution in [-0.4, -0.2) is 39.7 Å². The van der Waals surface area contributed by atoms with Gasteiger partial charge in [0.2, 0.25) is 17.6 Å². The molecular formula is C21H23ClN2O5. The molecule has 8 heteroatoms. The molecule has 7 nitrogen and oxygen atoms in total. The molecule has 1 N–H and O–H groups in total. The van der Waals surface area contributed by atoms with Gasteiger partial charge >= 0.3 is 0 Å². The van der Waals surface area contributed by atoms with E-state index in [1.54, 1.807) is 23.1 Å². The second kappa shape index (κ2) is 8.61. The average molecular weight is 419 g/mol. The van der Waals surface area contributed by atoms with E-state index in [1.165, 1.54) is 21.3 Å². The molecule has 0 aromatic heterocycles. The van der Waals surface area contributed by atoms with E-state index in [4.69, 9.17) is 25.8 Å². The van der Waals surface area contributed by atoms with Crippen molar-refractivity contribution in [2.75, 3.05) is 38.1 Å². The summed E-state index contributed by atoms with van der Waals surface area (Å²) in [4.78, 5) is 27.0. The zero-order chi connectivity index (χ0) is 21.1. The van der Waals surface area contributed by atoms with E-state index >= 15 is 0 Å². The van der Waals surface area contributed by atoms with Gasteiger partial charge in [0.05, 0.1) is 43.6 Å². The molecule has 1 fully saturated rings. The monoisotopic (exact) mass is 418 g/mol. The van der Waals surface area contributed by atoms with Crippen molar-refractivity contribution >= 4 is 34.8 Å². The molecular weight excluding hydrogens is 396 g/mol. The molecule has 1 aliphatic heterocycles. The molecule has 0 unspecified atom stereocenters. The number of nitrogens with one attached hydrogen (secondary N) is 1. The zero-order valence-electron chi connectivity index (χ0n) is 16.7. The van der Waals surface area contributed by atoms with Gasteiger partial charge in [-0.1, -0.05) is 23.7 Å². The summed E-state index contributed by atoms with van der Waals surface area (Å²) in [5.41, 5.74) is 2.00. The maximum Gasteiger partial charge on any atom is 0.229 e. The Balaban J connectivity index is 1.82. The Hall–Kier alpha value is -2.93. The van der Waals surface area contributed by atoms with Crippen LogP contribution in [0, 0.1) is 12.8 Å². The van der Waals surface area contributed by atoms with Gasteiger partial charge in [-0.2, -0.15) is 0 Å². The number of benzene rings is 2. The largest absolute Gasteiger partial charge is 0.493 e. The minimum Gasteiger partial charge on any atom is -0.493 e. The van der Waals surface area contributed by atoms with Crippen LogP contribution in [0.2, 0.25) is 5.02 Å². The Bertz CT molecular complexity index is 901. The van der Waals surface area contributed by atoms with Gasteiger partial charge in [-0.25, -0.2) is 0 Å². The number of anilines is 2. The standard InChI is InChI=1S/C21H23ClN2O5/c1-12-6-5-7-15(22)19(12)23-21(26)13-8-18(25)24(11-13)14-9-16(27-2)20(29-4)17(10-14)28-3/h5-7,9-10,13H,8,11H2,1-4H3,(H,23,26)/t13-/m1/s1. The number of hydrogen-bond acceptors (Lipinski definition) is 5. The lowest BCUT2D eigenvalue weighted by atomic mass is 10.1. The van der Waals surface area contributed by atoms with E-state index in [0.29, 0.717) is 33.6 Å². The molecule has 3 rings (SSSR count). The number of methoxy groups -OCH3 is 3. The molecule has 2 amide bonds. The zero-order valence-corrected chi connectivity index (χ0v) is 17.5. The second-order valence-electron chi connectivity index (χ2n) is 6.71. The van der Waals surface area contributed by atoms with Gasteiger partial charge in [-0.3, -0.25) is 9.59 Å². The van der Waals surface area contributed by atoms with Gasteiger partial charge in [-0.05, 0) is 18.6 Å².